The molecule has 2 N–H and O–H groups in total. The predicted octanol–water partition coefficient (Wildman–Crippen LogP) is 3.53. The molecule has 4 heteroatoms. The first-order chi connectivity index (χ1) is 10.1. The molecule has 4 nitrogen and oxygen atoms in total. The third kappa shape index (κ3) is 2.86. The van der Waals surface area contributed by atoms with Gasteiger partial charge in [0.1, 0.15) is 0 Å². The number of rotatable bonds is 5. The van der Waals surface area contributed by atoms with Crippen molar-refractivity contribution in [2.45, 2.75) is 45.4 Å². The summed E-state index contributed by atoms with van der Waals surface area (Å²) in [5, 5.41) is 4.11. The summed E-state index contributed by atoms with van der Waals surface area (Å²) in [5.74, 6) is 1.91. The molecule has 2 aromatic rings. The lowest BCUT2D eigenvalue weighted by Crippen LogP contribution is -2.39. The highest BCUT2D eigenvalue weighted by atomic mass is 16.5. The lowest BCUT2D eigenvalue weighted by molar-refractivity contribution is 0.129. The fourth-order valence-electron chi connectivity index (χ4n) is 2.91. The molecule has 0 bridgehead atoms. The monoisotopic (exact) mass is 285 g/mol. The van der Waals surface area contributed by atoms with E-state index in [9.17, 15) is 0 Å². The van der Waals surface area contributed by atoms with Gasteiger partial charge >= 0.3 is 0 Å². The zero-order valence-corrected chi connectivity index (χ0v) is 12.8. The van der Waals surface area contributed by atoms with Crippen LogP contribution in [0.25, 0.3) is 11.4 Å². The number of aromatic nitrogens is 2. The Morgan fingerprint density at radius 1 is 1.24 bits per heavy atom. The Morgan fingerprint density at radius 3 is 2.48 bits per heavy atom. The molecule has 0 saturated heterocycles. The van der Waals surface area contributed by atoms with Crippen molar-refractivity contribution in [2.24, 2.45) is 11.1 Å². The molecule has 1 saturated carbocycles. The summed E-state index contributed by atoms with van der Waals surface area (Å²) in [6.07, 6.45) is 4.41. The third-order valence-corrected chi connectivity index (χ3v) is 4.68. The highest BCUT2D eigenvalue weighted by Crippen LogP contribution is 2.42. The van der Waals surface area contributed by atoms with Gasteiger partial charge in [0.2, 0.25) is 11.7 Å². The van der Waals surface area contributed by atoms with E-state index in [-0.39, 0.29) is 5.41 Å². The van der Waals surface area contributed by atoms with Crippen LogP contribution in [-0.2, 0) is 6.42 Å². The number of nitrogens with zero attached hydrogens (tertiary/aromatic N) is 2. The van der Waals surface area contributed by atoms with Crippen molar-refractivity contribution >= 4 is 0 Å². The van der Waals surface area contributed by atoms with E-state index in [0.717, 1.165) is 12.0 Å². The van der Waals surface area contributed by atoms with Gasteiger partial charge in [-0.1, -0.05) is 49.7 Å². The minimum Gasteiger partial charge on any atom is -0.339 e. The largest absolute Gasteiger partial charge is 0.339 e. The van der Waals surface area contributed by atoms with Crippen molar-refractivity contribution in [3.8, 4) is 11.4 Å². The Hall–Kier alpha value is -1.68. The van der Waals surface area contributed by atoms with E-state index in [1.54, 1.807) is 0 Å². The van der Waals surface area contributed by atoms with Crippen LogP contribution in [0.1, 0.15) is 50.5 Å². The second-order valence-corrected chi connectivity index (χ2v) is 6.52. The van der Waals surface area contributed by atoms with Gasteiger partial charge in [-0.25, -0.2) is 0 Å². The van der Waals surface area contributed by atoms with E-state index >= 15 is 0 Å². The van der Waals surface area contributed by atoms with Gasteiger partial charge in [0.15, 0.2) is 0 Å². The molecule has 0 atom stereocenters. The summed E-state index contributed by atoms with van der Waals surface area (Å²) in [6.45, 7) is 5.08. The Labute approximate surface area is 125 Å². The van der Waals surface area contributed by atoms with Crippen molar-refractivity contribution in [3.05, 3.63) is 35.7 Å². The van der Waals surface area contributed by atoms with Crippen molar-refractivity contribution < 1.29 is 4.52 Å². The van der Waals surface area contributed by atoms with Gasteiger partial charge in [-0.3, -0.25) is 0 Å². The molecule has 1 heterocycles. The maximum atomic E-state index is 5.89. The van der Waals surface area contributed by atoms with Crippen LogP contribution in [0.15, 0.2) is 28.8 Å². The topological polar surface area (TPSA) is 64.9 Å². The van der Waals surface area contributed by atoms with E-state index < -0.39 is 0 Å². The first-order valence-corrected chi connectivity index (χ1v) is 7.75. The molecule has 1 aromatic heterocycles. The van der Waals surface area contributed by atoms with Crippen molar-refractivity contribution in [1.29, 1.82) is 0 Å². The Morgan fingerprint density at radius 2 is 1.95 bits per heavy atom. The minimum absolute atomic E-state index is 0.200. The van der Waals surface area contributed by atoms with Gasteiger partial charge in [-0.05, 0) is 36.3 Å². The molecule has 0 spiro atoms. The normalized spacial score (nSPS) is 17.0. The SMILES string of the molecule is CC(C)c1ccc(-c2noc(CC3(CN)CCC3)n2)cc1. The van der Waals surface area contributed by atoms with Crippen molar-refractivity contribution in [1.82, 2.24) is 10.1 Å². The van der Waals surface area contributed by atoms with Crippen LogP contribution >= 0.6 is 0 Å². The minimum atomic E-state index is 0.200. The number of hydrogen-bond donors (Lipinski definition) is 1. The van der Waals surface area contributed by atoms with E-state index in [4.69, 9.17) is 10.3 Å². The molecular formula is C17H23N3O. The average Bonchev–Trinajstić information content (AvgIpc) is 2.91. The van der Waals surface area contributed by atoms with E-state index in [0.29, 0.717) is 24.2 Å². The summed E-state index contributed by atoms with van der Waals surface area (Å²) in [5.41, 5.74) is 8.41. The van der Waals surface area contributed by atoms with Crippen LogP contribution in [0.2, 0.25) is 0 Å². The summed E-state index contributed by atoms with van der Waals surface area (Å²) in [7, 11) is 0. The fraction of sp³-hybridized carbons (Fsp3) is 0.529. The van der Waals surface area contributed by atoms with Crippen LogP contribution in [0.3, 0.4) is 0 Å². The molecule has 0 radical (unpaired) electrons. The molecule has 3 rings (SSSR count). The Bertz CT molecular complexity index is 591. The van der Waals surface area contributed by atoms with Gasteiger partial charge in [-0.15, -0.1) is 0 Å². The summed E-state index contributed by atoms with van der Waals surface area (Å²) >= 11 is 0. The van der Waals surface area contributed by atoms with E-state index in [1.165, 1.54) is 24.8 Å². The molecule has 0 unspecified atom stereocenters. The zero-order valence-electron chi connectivity index (χ0n) is 12.8. The number of hydrogen-bond acceptors (Lipinski definition) is 4. The number of benzene rings is 1. The van der Waals surface area contributed by atoms with Crippen LogP contribution < -0.4 is 5.73 Å². The summed E-state index contributed by atoms with van der Waals surface area (Å²) < 4.78 is 5.41. The molecule has 21 heavy (non-hydrogen) atoms. The molecule has 1 aliphatic rings. The smallest absolute Gasteiger partial charge is 0.227 e. The lowest BCUT2D eigenvalue weighted by atomic mass is 9.67. The summed E-state index contributed by atoms with van der Waals surface area (Å²) in [4.78, 5) is 4.54. The van der Waals surface area contributed by atoms with E-state index in [1.807, 2.05) is 0 Å². The highest BCUT2D eigenvalue weighted by molar-refractivity contribution is 5.54. The Kier molecular flexibility index (Phi) is 3.81. The first kappa shape index (κ1) is 14.3. The van der Waals surface area contributed by atoms with Crippen molar-refractivity contribution in [2.75, 3.05) is 6.54 Å². The van der Waals surface area contributed by atoms with Gasteiger partial charge in [0, 0.05) is 12.0 Å². The van der Waals surface area contributed by atoms with Gasteiger partial charge in [-0.2, -0.15) is 4.98 Å². The quantitative estimate of drug-likeness (QED) is 0.912. The van der Waals surface area contributed by atoms with Crippen LogP contribution in [0, 0.1) is 5.41 Å². The molecule has 0 amide bonds. The predicted molar refractivity (Wildman–Crippen MR) is 82.9 cm³/mol. The van der Waals surface area contributed by atoms with E-state index in [2.05, 4.69) is 48.3 Å². The molecule has 112 valence electrons. The lowest BCUT2D eigenvalue weighted by Gasteiger charge is -2.39. The van der Waals surface area contributed by atoms with Crippen molar-refractivity contribution in [3.63, 3.8) is 0 Å². The third-order valence-electron chi connectivity index (χ3n) is 4.68. The average molecular weight is 285 g/mol. The van der Waals surface area contributed by atoms with Gasteiger partial charge in [0.05, 0.1) is 0 Å². The zero-order chi connectivity index (χ0) is 14.9. The Balaban J connectivity index is 1.75. The molecular weight excluding hydrogens is 262 g/mol. The molecule has 1 aromatic carbocycles. The highest BCUT2D eigenvalue weighted by Gasteiger charge is 2.37. The maximum Gasteiger partial charge on any atom is 0.227 e. The van der Waals surface area contributed by atoms with Crippen LogP contribution in [0.5, 0.6) is 0 Å². The number of nitrogens with two attached hydrogens (primary N) is 1. The standard InChI is InChI=1S/C17H23N3O/c1-12(2)13-4-6-14(7-5-13)16-19-15(21-20-16)10-17(11-18)8-3-9-17/h4-7,12H,3,8-11,18H2,1-2H3. The summed E-state index contributed by atoms with van der Waals surface area (Å²) in [6, 6.07) is 8.38. The molecule has 1 fully saturated rings. The fourth-order valence-corrected chi connectivity index (χ4v) is 2.91. The van der Waals surface area contributed by atoms with Gasteiger partial charge in [0.25, 0.3) is 0 Å². The van der Waals surface area contributed by atoms with Crippen LogP contribution in [-0.4, -0.2) is 16.7 Å². The molecule has 1 aliphatic carbocycles. The first-order valence-electron chi connectivity index (χ1n) is 7.75. The van der Waals surface area contributed by atoms with Crippen LogP contribution in [0.4, 0.5) is 0 Å². The van der Waals surface area contributed by atoms with Gasteiger partial charge < -0.3 is 10.3 Å². The molecule has 0 aliphatic heterocycles. The second-order valence-electron chi connectivity index (χ2n) is 6.52. The maximum absolute atomic E-state index is 5.89. The second kappa shape index (κ2) is 5.60.